The summed E-state index contributed by atoms with van der Waals surface area (Å²) in [5, 5.41) is 0.623. The van der Waals surface area contributed by atoms with Gasteiger partial charge in [-0.1, -0.05) is 19.1 Å². The molecule has 162 valence electrons. The van der Waals surface area contributed by atoms with Crippen molar-refractivity contribution >= 4 is 34.3 Å². The summed E-state index contributed by atoms with van der Waals surface area (Å²) in [7, 11) is 0. The lowest BCUT2D eigenvalue weighted by atomic mass is 10.1. The van der Waals surface area contributed by atoms with E-state index in [1.807, 2.05) is 6.92 Å². The fourth-order valence-corrected chi connectivity index (χ4v) is 4.68. The largest absolute Gasteiger partial charge is 0.416 e. The van der Waals surface area contributed by atoms with Gasteiger partial charge in [0.1, 0.15) is 0 Å². The highest BCUT2D eigenvalue weighted by atomic mass is 32.2. The highest BCUT2D eigenvalue weighted by molar-refractivity contribution is 8.00. The second-order valence-electron chi connectivity index (χ2n) is 7.45. The normalized spacial score (nSPS) is 16.8. The second kappa shape index (κ2) is 8.37. The number of alkyl halides is 3. The molecule has 3 aromatic rings. The van der Waals surface area contributed by atoms with Crippen LogP contribution in [-0.4, -0.2) is 27.3 Å². The van der Waals surface area contributed by atoms with Gasteiger partial charge in [-0.2, -0.15) is 13.2 Å². The van der Waals surface area contributed by atoms with Crippen molar-refractivity contribution in [1.82, 2.24) is 9.55 Å². The summed E-state index contributed by atoms with van der Waals surface area (Å²) < 4.78 is 41.1. The topological polar surface area (TPSA) is 55.2 Å². The van der Waals surface area contributed by atoms with Gasteiger partial charge in [0.2, 0.25) is 5.91 Å². The molecule has 0 unspecified atom stereocenters. The number of amides is 1. The number of carbonyl (C=O) groups excluding carboxylic acids is 1. The molecule has 1 atom stereocenters. The number of benzene rings is 2. The Balaban J connectivity index is 1.60. The van der Waals surface area contributed by atoms with E-state index in [0.29, 0.717) is 28.8 Å². The van der Waals surface area contributed by atoms with Gasteiger partial charge in [-0.25, -0.2) is 4.98 Å². The minimum absolute atomic E-state index is 0.0192. The lowest BCUT2D eigenvalue weighted by Crippen LogP contribution is -2.34. The number of halogens is 3. The van der Waals surface area contributed by atoms with Crippen LogP contribution in [0.3, 0.4) is 0 Å². The third-order valence-electron chi connectivity index (χ3n) is 5.26. The second-order valence-corrected chi connectivity index (χ2v) is 8.93. The van der Waals surface area contributed by atoms with Crippen molar-refractivity contribution < 1.29 is 18.0 Å². The zero-order valence-corrected chi connectivity index (χ0v) is 17.5. The molecular weight excluding hydrogens is 427 g/mol. The smallest absolute Gasteiger partial charge is 0.311 e. The molecule has 0 aliphatic carbocycles. The summed E-state index contributed by atoms with van der Waals surface area (Å²) in [5.74, 6) is -0.324. The zero-order valence-electron chi connectivity index (χ0n) is 16.7. The Hall–Kier alpha value is -2.81. The van der Waals surface area contributed by atoms with Gasteiger partial charge >= 0.3 is 6.18 Å². The molecule has 1 aromatic heterocycles. The number of fused-ring (bicyclic) bond motifs is 2. The van der Waals surface area contributed by atoms with E-state index in [1.165, 1.54) is 33.6 Å². The molecule has 0 radical (unpaired) electrons. The first-order valence-corrected chi connectivity index (χ1v) is 10.7. The van der Waals surface area contributed by atoms with Gasteiger partial charge in [-0.3, -0.25) is 14.2 Å². The van der Waals surface area contributed by atoms with Crippen molar-refractivity contribution in [2.24, 2.45) is 0 Å². The molecule has 0 spiro atoms. The Labute approximate surface area is 180 Å². The van der Waals surface area contributed by atoms with E-state index in [1.54, 1.807) is 24.3 Å². The van der Waals surface area contributed by atoms with Crippen molar-refractivity contribution in [3.63, 3.8) is 0 Å². The lowest BCUT2D eigenvalue weighted by Gasteiger charge is -2.24. The molecule has 9 heteroatoms. The first-order chi connectivity index (χ1) is 14.7. The highest BCUT2D eigenvalue weighted by Gasteiger charge is 2.33. The van der Waals surface area contributed by atoms with Crippen LogP contribution in [0, 0.1) is 0 Å². The number of aryl methyl sites for hydroxylation is 1. The van der Waals surface area contributed by atoms with E-state index < -0.39 is 11.7 Å². The maximum atomic E-state index is 13.3. The van der Waals surface area contributed by atoms with Crippen molar-refractivity contribution in [2.75, 3.05) is 11.4 Å². The first-order valence-electron chi connectivity index (χ1n) is 9.86. The van der Waals surface area contributed by atoms with Crippen LogP contribution in [0.2, 0.25) is 0 Å². The summed E-state index contributed by atoms with van der Waals surface area (Å²) in [4.78, 5) is 32.0. The van der Waals surface area contributed by atoms with E-state index in [2.05, 4.69) is 4.98 Å². The Morgan fingerprint density at radius 1 is 1.23 bits per heavy atom. The maximum absolute atomic E-state index is 13.3. The van der Waals surface area contributed by atoms with Gasteiger partial charge in [0.25, 0.3) is 5.56 Å². The monoisotopic (exact) mass is 447 g/mol. The number of rotatable bonds is 3. The lowest BCUT2D eigenvalue weighted by molar-refractivity contribution is -0.137. The van der Waals surface area contributed by atoms with Gasteiger partial charge in [0.15, 0.2) is 0 Å². The summed E-state index contributed by atoms with van der Waals surface area (Å²) in [6.45, 7) is 2.41. The Morgan fingerprint density at radius 3 is 2.77 bits per heavy atom. The molecule has 4 rings (SSSR count). The predicted molar refractivity (Wildman–Crippen MR) is 114 cm³/mol. The number of thioether (sulfide) groups is 1. The van der Waals surface area contributed by atoms with Crippen LogP contribution in [0.15, 0.2) is 58.5 Å². The molecular formula is C22H20F3N3O2S. The standard InChI is InChI=1S/C22H20F3N3O2S/c1-14-8-11-28(18-12-15(22(23,24)25)6-7-19(18)31-14)20(29)9-10-27-13-26-17-5-3-2-4-16(17)21(27)30/h2-7,12-14H,8-11H2,1H3/t14-/m1/s1. The molecule has 1 aliphatic heterocycles. The molecule has 1 aliphatic rings. The van der Waals surface area contributed by atoms with Crippen molar-refractivity contribution in [3.05, 3.63) is 64.7 Å². The van der Waals surface area contributed by atoms with Crippen LogP contribution in [-0.2, 0) is 17.5 Å². The molecule has 1 amide bonds. The van der Waals surface area contributed by atoms with Crippen LogP contribution in [0.4, 0.5) is 18.9 Å². The molecule has 0 fully saturated rings. The molecule has 0 saturated carbocycles. The molecule has 2 heterocycles. The molecule has 2 aromatic carbocycles. The quantitative estimate of drug-likeness (QED) is 0.583. The van der Waals surface area contributed by atoms with E-state index in [0.717, 1.165) is 12.1 Å². The summed E-state index contributed by atoms with van der Waals surface area (Å²) >= 11 is 1.47. The molecule has 0 N–H and O–H groups in total. The molecule has 0 saturated heterocycles. The van der Waals surface area contributed by atoms with Crippen LogP contribution < -0.4 is 10.5 Å². The average molecular weight is 447 g/mol. The van der Waals surface area contributed by atoms with E-state index in [-0.39, 0.29) is 35.4 Å². The summed E-state index contributed by atoms with van der Waals surface area (Å²) in [5.41, 5.74) is -0.187. The van der Waals surface area contributed by atoms with E-state index >= 15 is 0 Å². The molecule has 5 nitrogen and oxygen atoms in total. The summed E-state index contributed by atoms with van der Waals surface area (Å²) in [6.07, 6.45) is -2.46. The van der Waals surface area contributed by atoms with E-state index in [9.17, 15) is 22.8 Å². The first kappa shape index (κ1) is 21.4. The Kier molecular flexibility index (Phi) is 5.79. The van der Waals surface area contributed by atoms with Gasteiger partial charge in [-0.15, -0.1) is 11.8 Å². The maximum Gasteiger partial charge on any atom is 0.416 e. The zero-order chi connectivity index (χ0) is 22.2. The van der Waals surface area contributed by atoms with Crippen LogP contribution in [0.5, 0.6) is 0 Å². The van der Waals surface area contributed by atoms with Crippen LogP contribution >= 0.6 is 11.8 Å². The van der Waals surface area contributed by atoms with Gasteiger partial charge in [0, 0.05) is 29.7 Å². The number of para-hydroxylation sites is 1. The number of hydrogen-bond donors (Lipinski definition) is 0. The van der Waals surface area contributed by atoms with Crippen LogP contribution in [0.1, 0.15) is 25.3 Å². The number of aromatic nitrogens is 2. The molecule has 0 bridgehead atoms. The number of anilines is 1. The minimum atomic E-state index is -4.49. The number of carbonyl (C=O) groups is 1. The Bertz CT molecular complexity index is 1190. The third kappa shape index (κ3) is 4.46. The third-order valence-corrected chi connectivity index (χ3v) is 6.50. The molecule has 31 heavy (non-hydrogen) atoms. The van der Waals surface area contributed by atoms with Crippen LogP contribution in [0.25, 0.3) is 10.9 Å². The Morgan fingerprint density at radius 2 is 2.00 bits per heavy atom. The van der Waals surface area contributed by atoms with Gasteiger partial charge in [0.05, 0.1) is 28.5 Å². The number of nitrogens with zero attached hydrogens (tertiary/aromatic N) is 3. The SMILES string of the molecule is C[C@@H]1CCN(C(=O)CCn2cnc3ccccc3c2=O)c2cc(C(F)(F)F)ccc2S1. The summed E-state index contributed by atoms with van der Waals surface area (Å²) in [6, 6.07) is 10.5. The highest BCUT2D eigenvalue weighted by Crippen LogP contribution is 2.41. The van der Waals surface area contributed by atoms with Gasteiger partial charge < -0.3 is 4.90 Å². The van der Waals surface area contributed by atoms with Crippen molar-refractivity contribution in [3.8, 4) is 0 Å². The van der Waals surface area contributed by atoms with Gasteiger partial charge in [-0.05, 0) is 36.8 Å². The minimum Gasteiger partial charge on any atom is -0.311 e. The fraction of sp³-hybridized carbons (Fsp3) is 0.318. The number of hydrogen-bond acceptors (Lipinski definition) is 4. The van der Waals surface area contributed by atoms with E-state index in [4.69, 9.17) is 0 Å². The fourth-order valence-electron chi connectivity index (χ4n) is 3.59. The predicted octanol–water partition coefficient (Wildman–Crippen LogP) is 4.72. The average Bonchev–Trinajstić information content (AvgIpc) is 2.90. The van der Waals surface area contributed by atoms with Crippen molar-refractivity contribution in [2.45, 2.75) is 42.6 Å². The van der Waals surface area contributed by atoms with Crippen molar-refractivity contribution in [1.29, 1.82) is 0 Å².